The molecule has 1 aromatic carbocycles. The van der Waals surface area contributed by atoms with Crippen LogP contribution in [0.4, 0.5) is 0 Å². The molecule has 1 aliphatic rings. The molecule has 0 heterocycles. The van der Waals surface area contributed by atoms with Crippen molar-refractivity contribution < 1.29 is 4.79 Å². The molecule has 0 spiro atoms. The van der Waals surface area contributed by atoms with Crippen LogP contribution in [0.5, 0.6) is 0 Å². The lowest BCUT2D eigenvalue weighted by atomic mass is 9.87. The summed E-state index contributed by atoms with van der Waals surface area (Å²) in [5.74, 6) is 0.707. The largest absolute Gasteiger partial charge is 0.287 e. The van der Waals surface area contributed by atoms with Gasteiger partial charge in [0.25, 0.3) is 5.91 Å². The van der Waals surface area contributed by atoms with E-state index in [-0.39, 0.29) is 5.91 Å². The van der Waals surface area contributed by atoms with Gasteiger partial charge in [-0.2, -0.15) is 0 Å². The number of rotatable bonds is 3. The fraction of sp³-hybridized carbons (Fsp3) is 0.500. The lowest BCUT2D eigenvalue weighted by Gasteiger charge is -2.27. The number of carbonyl (C=O) groups excluding carboxylic acids is 1. The van der Waals surface area contributed by atoms with Gasteiger partial charge in [0, 0.05) is 11.6 Å². The number of benzene rings is 1. The normalized spacial score (nSPS) is 24.3. The van der Waals surface area contributed by atoms with Crippen molar-refractivity contribution in [1.82, 2.24) is 10.9 Å². The van der Waals surface area contributed by atoms with Crippen LogP contribution in [-0.2, 0) is 0 Å². The van der Waals surface area contributed by atoms with Gasteiger partial charge in [-0.05, 0) is 30.9 Å². The molecular formula is C14H20N2O. The Morgan fingerprint density at radius 2 is 2.00 bits per heavy atom. The first-order valence-electron chi connectivity index (χ1n) is 6.36. The van der Waals surface area contributed by atoms with E-state index >= 15 is 0 Å². The van der Waals surface area contributed by atoms with Gasteiger partial charge in [-0.1, -0.05) is 38.0 Å². The van der Waals surface area contributed by atoms with Crippen LogP contribution >= 0.6 is 0 Å². The predicted molar refractivity (Wildman–Crippen MR) is 68.5 cm³/mol. The molecule has 92 valence electrons. The van der Waals surface area contributed by atoms with Crippen molar-refractivity contribution in [2.75, 3.05) is 0 Å². The minimum atomic E-state index is -0.0520. The van der Waals surface area contributed by atoms with E-state index in [1.54, 1.807) is 0 Å². The van der Waals surface area contributed by atoms with E-state index in [9.17, 15) is 4.79 Å². The second-order valence-corrected chi connectivity index (χ2v) is 4.93. The Labute approximate surface area is 103 Å². The lowest BCUT2D eigenvalue weighted by molar-refractivity contribution is 0.0916. The number of amides is 1. The fourth-order valence-corrected chi connectivity index (χ4v) is 2.39. The highest BCUT2D eigenvalue weighted by Gasteiger charge is 2.18. The Kier molecular flexibility index (Phi) is 4.15. The van der Waals surface area contributed by atoms with Gasteiger partial charge in [0.2, 0.25) is 0 Å². The van der Waals surface area contributed by atoms with Crippen molar-refractivity contribution in [3.8, 4) is 0 Å². The molecule has 0 aromatic heterocycles. The summed E-state index contributed by atoms with van der Waals surface area (Å²) in [5, 5.41) is 0. The van der Waals surface area contributed by atoms with Crippen molar-refractivity contribution in [2.24, 2.45) is 5.92 Å². The molecule has 17 heavy (non-hydrogen) atoms. The van der Waals surface area contributed by atoms with Crippen molar-refractivity contribution in [3.05, 3.63) is 35.9 Å². The minimum absolute atomic E-state index is 0.0520. The van der Waals surface area contributed by atoms with Gasteiger partial charge in [-0.25, -0.2) is 5.43 Å². The maximum absolute atomic E-state index is 11.8. The second-order valence-electron chi connectivity index (χ2n) is 4.93. The van der Waals surface area contributed by atoms with Crippen LogP contribution in [0.3, 0.4) is 0 Å². The Hall–Kier alpha value is -1.35. The lowest BCUT2D eigenvalue weighted by Crippen LogP contribution is -2.46. The van der Waals surface area contributed by atoms with Gasteiger partial charge in [0.05, 0.1) is 0 Å². The molecule has 1 fully saturated rings. The Morgan fingerprint density at radius 1 is 1.24 bits per heavy atom. The maximum Gasteiger partial charge on any atom is 0.265 e. The van der Waals surface area contributed by atoms with Crippen LogP contribution in [-0.4, -0.2) is 11.9 Å². The molecule has 3 nitrogen and oxygen atoms in total. The smallest absolute Gasteiger partial charge is 0.265 e. The van der Waals surface area contributed by atoms with Gasteiger partial charge in [0.1, 0.15) is 0 Å². The summed E-state index contributed by atoms with van der Waals surface area (Å²) < 4.78 is 0. The fourth-order valence-electron chi connectivity index (χ4n) is 2.39. The van der Waals surface area contributed by atoms with Gasteiger partial charge in [-0.3, -0.25) is 10.2 Å². The summed E-state index contributed by atoms with van der Waals surface area (Å²) >= 11 is 0. The zero-order valence-corrected chi connectivity index (χ0v) is 10.3. The highest BCUT2D eigenvalue weighted by Crippen LogP contribution is 2.22. The summed E-state index contributed by atoms with van der Waals surface area (Å²) in [6.45, 7) is 2.27. The molecule has 0 radical (unpaired) electrons. The van der Waals surface area contributed by atoms with Crippen LogP contribution in [0.15, 0.2) is 30.3 Å². The number of nitrogens with one attached hydrogen (secondary N) is 2. The molecule has 1 amide bonds. The standard InChI is InChI=1S/C14H20N2O/c1-11-6-5-9-13(10-11)15-16-14(17)12-7-3-2-4-8-12/h2-4,7-8,11,13,15H,5-6,9-10H2,1H3,(H,16,17). The van der Waals surface area contributed by atoms with E-state index in [2.05, 4.69) is 17.8 Å². The summed E-state index contributed by atoms with van der Waals surface area (Å²) in [6, 6.07) is 9.72. The van der Waals surface area contributed by atoms with E-state index in [4.69, 9.17) is 0 Å². The third-order valence-electron chi connectivity index (χ3n) is 3.36. The minimum Gasteiger partial charge on any atom is -0.287 e. The highest BCUT2D eigenvalue weighted by atomic mass is 16.2. The van der Waals surface area contributed by atoms with Gasteiger partial charge >= 0.3 is 0 Å². The van der Waals surface area contributed by atoms with Crippen molar-refractivity contribution >= 4 is 5.91 Å². The van der Waals surface area contributed by atoms with E-state index in [1.165, 1.54) is 12.8 Å². The predicted octanol–water partition coefficient (Wildman–Crippen LogP) is 2.50. The Balaban J connectivity index is 1.80. The van der Waals surface area contributed by atoms with Crippen molar-refractivity contribution in [1.29, 1.82) is 0 Å². The first-order chi connectivity index (χ1) is 8.25. The Morgan fingerprint density at radius 3 is 2.71 bits per heavy atom. The summed E-state index contributed by atoms with van der Waals surface area (Å²) in [4.78, 5) is 11.8. The van der Waals surface area contributed by atoms with Crippen molar-refractivity contribution in [3.63, 3.8) is 0 Å². The van der Waals surface area contributed by atoms with E-state index in [0.29, 0.717) is 11.6 Å². The molecule has 0 bridgehead atoms. The Bertz CT molecular complexity index is 364. The number of hydrogen-bond acceptors (Lipinski definition) is 2. The second kappa shape index (κ2) is 5.82. The quantitative estimate of drug-likeness (QED) is 0.786. The summed E-state index contributed by atoms with van der Waals surface area (Å²) in [5.41, 5.74) is 6.65. The van der Waals surface area contributed by atoms with Gasteiger partial charge in [-0.15, -0.1) is 0 Å². The number of hydrogen-bond donors (Lipinski definition) is 2. The average molecular weight is 232 g/mol. The maximum atomic E-state index is 11.8. The monoisotopic (exact) mass is 232 g/mol. The van der Waals surface area contributed by atoms with Crippen LogP contribution in [0.25, 0.3) is 0 Å². The molecule has 3 heteroatoms. The van der Waals surface area contributed by atoms with Crippen LogP contribution in [0.1, 0.15) is 43.0 Å². The molecule has 1 aromatic rings. The third-order valence-corrected chi connectivity index (χ3v) is 3.36. The molecule has 2 atom stereocenters. The first-order valence-corrected chi connectivity index (χ1v) is 6.36. The SMILES string of the molecule is CC1CCCC(NNC(=O)c2ccccc2)C1. The molecule has 0 aliphatic heterocycles. The zero-order valence-electron chi connectivity index (χ0n) is 10.3. The molecule has 2 unspecified atom stereocenters. The molecule has 2 rings (SSSR count). The van der Waals surface area contributed by atoms with E-state index in [1.807, 2.05) is 30.3 Å². The third kappa shape index (κ3) is 3.56. The molecule has 1 saturated carbocycles. The van der Waals surface area contributed by atoms with Crippen LogP contribution in [0.2, 0.25) is 0 Å². The molecule has 2 N–H and O–H groups in total. The van der Waals surface area contributed by atoms with E-state index < -0.39 is 0 Å². The van der Waals surface area contributed by atoms with E-state index in [0.717, 1.165) is 18.8 Å². The number of carbonyl (C=O) groups is 1. The first kappa shape index (κ1) is 12.1. The number of hydrazine groups is 1. The average Bonchev–Trinajstić information content (AvgIpc) is 2.37. The topological polar surface area (TPSA) is 41.1 Å². The zero-order chi connectivity index (χ0) is 12.1. The van der Waals surface area contributed by atoms with Crippen LogP contribution in [0, 0.1) is 5.92 Å². The van der Waals surface area contributed by atoms with Crippen LogP contribution < -0.4 is 10.9 Å². The molecule has 0 saturated heterocycles. The molecular weight excluding hydrogens is 212 g/mol. The summed E-state index contributed by atoms with van der Waals surface area (Å²) in [7, 11) is 0. The summed E-state index contributed by atoms with van der Waals surface area (Å²) in [6.07, 6.45) is 4.86. The van der Waals surface area contributed by atoms with Gasteiger partial charge < -0.3 is 0 Å². The highest BCUT2D eigenvalue weighted by molar-refractivity contribution is 5.93. The van der Waals surface area contributed by atoms with Gasteiger partial charge in [0.15, 0.2) is 0 Å². The molecule has 1 aliphatic carbocycles. The van der Waals surface area contributed by atoms with Crippen molar-refractivity contribution in [2.45, 2.75) is 38.6 Å².